The molecule has 5 nitrogen and oxygen atoms in total. The zero-order chi connectivity index (χ0) is 34.6. The van der Waals surface area contributed by atoms with Gasteiger partial charge in [0.25, 0.3) is 0 Å². The molecule has 0 saturated heterocycles. The van der Waals surface area contributed by atoms with Gasteiger partial charge in [-0.05, 0) is 88.6 Å². The monoisotopic (exact) mass is 676 g/mol. The maximum Gasteiger partial charge on any atom is 0.235 e. The van der Waals surface area contributed by atoms with Crippen molar-refractivity contribution in [2.75, 3.05) is 0 Å². The molecule has 0 amide bonds. The highest BCUT2D eigenvalue weighted by Gasteiger charge is 2.24. The van der Waals surface area contributed by atoms with Crippen LogP contribution >= 0.6 is 0 Å². The summed E-state index contributed by atoms with van der Waals surface area (Å²) < 4.78 is 10.9. The Balaban J connectivity index is 1.08. The van der Waals surface area contributed by atoms with Crippen molar-refractivity contribution in [3.63, 3.8) is 0 Å². The van der Waals surface area contributed by atoms with Gasteiger partial charge in [-0.2, -0.15) is 0 Å². The van der Waals surface area contributed by atoms with Gasteiger partial charge in [0.2, 0.25) is 5.95 Å². The number of aromatic nitrogens is 4. The van der Waals surface area contributed by atoms with E-state index in [-0.39, 0.29) is 0 Å². The maximum atomic E-state index is 6.30. The van der Waals surface area contributed by atoms with E-state index in [0.717, 1.165) is 72.3 Å². The molecule has 5 heteroatoms. The van der Waals surface area contributed by atoms with Crippen LogP contribution in [0.1, 0.15) is 0 Å². The van der Waals surface area contributed by atoms with Crippen LogP contribution < -0.4 is 4.74 Å². The fourth-order valence-electron chi connectivity index (χ4n) is 8.50. The number of rotatable bonds is 3. The van der Waals surface area contributed by atoms with Crippen LogP contribution in [0.5, 0.6) is 11.5 Å². The molecule has 0 N–H and O–H groups in total. The normalized spacial score (nSPS) is 12.3. The van der Waals surface area contributed by atoms with Crippen molar-refractivity contribution in [3.05, 3.63) is 170 Å². The Kier molecular flexibility index (Phi) is 5.71. The number of hydrogen-bond donors (Lipinski definition) is 0. The molecule has 4 heterocycles. The van der Waals surface area contributed by atoms with E-state index in [2.05, 4.69) is 143 Å². The molecule has 0 atom stereocenters. The van der Waals surface area contributed by atoms with Gasteiger partial charge in [-0.3, -0.25) is 4.57 Å². The number of fused-ring (bicyclic) bond motifs is 9. The highest BCUT2D eigenvalue weighted by atomic mass is 16.5. The summed E-state index contributed by atoms with van der Waals surface area (Å²) in [5, 5.41) is 8.19. The molecule has 0 bridgehead atoms. The minimum Gasteiger partial charge on any atom is -0.456 e. The lowest BCUT2D eigenvalue weighted by Crippen LogP contribution is -2.06. The van der Waals surface area contributed by atoms with Gasteiger partial charge in [-0.15, -0.1) is 0 Å². The van der Waals surface area contributed by atoms with Crippen LogP contribution in [0.15, 0.2) is 170 Å². The van der Waals surface area contributed by atoms with Gasteiger partial charge in [0.05, 0.1) is 38.7 Å². The van der Waals surface area contributed by atoms with Gasteiger partial charge < -0.3 is 9.30 Å². The van der Waals surface area contributed by atoms with Crippen LogP contribution in [0.4, 0.5) is 0 Å². The average Bonchev–Trinajstić information content (AvgIpc) is 3.73. The Labute approximate surface area is 303 Å². The molecule has 246 valence electrons. The van der Waals surface area contributed by atoms with Crippen molar-refractivity contribution in [2.45, 2.75) is 0 Å². The summed E-state index contributed by atoms with van der Waals surface area (Å²) in [7, 11) is 0. The fourth-order valence-corrected chi connectivity index (χ4v) is 8.50. The summed E-state index contributed by atoms with van der Waals surface area (Å²) >= 11 is 0. The Bertz CT molecular complexity index is 3330. The molecule has 0 radical (unpaired) electrons. The van der Waals surface area contributed by atoms with Crippen LogP contribution in [0, 0.1) is 0 Å². The molecular formula is C48H28N4O. The minimum atomic E-state index is 0.638. The molecule has 3 aromatic heterocycles. The summed E-state index contributed by atoms with van der Waals surface area (Å²) in [6.45, 7) is 0. The zero-order valence-corrected chi connectivity index (χ0v) is 28.4. The summed E-state index contributed by atoms with van der Waals surface area (Å²) in [5.74, 6) is 2.22. The standard InChI is InChI=1S/C48H28N4O/c1-2-11-30-26-33(23-20-29(30)10-1)51-40-16-6-4-13-35(40)38-27-31(22-25-42(38)51)32-21-24-36-34-12-3-7-17-41(34)52(43(36)28-32)48-49-39-15-9-19-45-46(39)47(50-48)37-14-5-8-18-44(37)53-45/h1-28H. The van der Waals surface area contributed by atoms with Gasteiger partial charge in [-0.1, -0.05) is 103 Å². The van der Waals surface area contributed by atoms with E-state index in [4.69, 9.17) is 14.7 Å². The number of ether oxygens (including phenoxy) is 1. The van der Waals surface area contributed by atoms with Crippen LogP contribution in [-0.2, 0) is 0 Å². The quantitative estimate of drug-likeness (QED) is 0.187. The summed E-state index contributed by atoms with van der Waals surface area (Å²) in [6, 6.07) is 60.4. The van der Waals surface area contributed by atoms with E-state index in [0.29, 0.717) is 5.95 Å². The number of hydrogen-bond acceptors (Lipinski definition) is 3. The Morgan fingerprint density at radius 1 is 0.415 bits per heavy atom. The SMILES string of the molecule is c1ccc2c(c1)Oc1cccc3nc(-n4c5ccccc5c5ccc(-c6ccc7c(c6)c6ccccc6n7-c6ccc7ccccc7c6)cc54)nc-2c13. The van der Waals surface area contributed by atoms with Crippen molar-refractivity contribution in [1.82, 2.24) is 19.1 Å². The average molecular weight is 677 g/mol. The zero-order valence-electron chi connectivity index (χ0n) is 28.4. The van der Waals surface area contributed by atoms with Gasteiger partial charge >= 0.3 is 0 Å². The molecular weight excluding hydrogens is 649 g/mol. The second-order valence-corrected chi connectivity index (χ2v) is 13.8. The van der Waals surface area contributed by atoms with Crippen molar-refractivity contribution in [1.29, 1.82) is 0 Å². The molecule has 1 aliphatic heterocycles. The summed E-state index contributed by atoms with van der Waals surface area (Å²) in [5.41, 5.74) is 10.7. The highest BCUT2D eigenvalue weighted by Crippen LogP contribution is 2.46. The van der Waals surface area contributed by atoms with Crippen LogP contribution in [0.3, 0.4) is 0 Å². The van der Waals surface area contributed by atoms with Crippen molar-refractivity contribution < 1.29 is 4.74 Å². The van der Waals surface area contributed by atoms with Gasteiger partial charge in [0.15, 0.2) is 0 Å². The van der Waals surface area contributed by atoms with Gasteiger partial charge in [0.1, 0.15) is 11.5 Å². The lowest BCUT2D eigenvalue weighted by Gasteiger charge is -2.21. The molecule has 1 aliphatic rings. The van der Waals surface area contributed by atoms with Crippen molar-refractivity contribution in [2.24, 2.45) is 0 Å². The third-order valence-electron chi connectivity index (χ3n) is 10.9. The smallest absolute Gasteiger partial charge is 0.235 e. The largest absolute Gasteiger partial charge is 0.456 e. The molecule has 0 saturated carbocycles. The van der Waals surface area contributed by atoms with Crippen molar-refractivity contribution >= 4 is 65.3 Å². The first kappa shape index (κ1) is 28.5. The summed E-state index contributed by atoms with van der Waals surface area (Å²) in [4.78, 5) is 10.5. The topological polar surface area (TPSA) is 44.9 Å². The first-order chi connectivity index (χ1) is 26.3. The Morgan fingerprint density at radius 2 is 1.09 bits per heavy atom. The number of nitrogens with zero attached hydrogens (tertiary/aromatic N) is 4. The predicted octanol–water partition coefficient (Wildman–Crippen LogP) is 12.4. The highest BCUT2D eigenvalue weighted by molar-refractivity contribution is 6.13. The van der Waals surface area contributed by atoms with Crippen molar-refractivity contribution in [3.8, 4) is 45.5 Å². The third kappa shape index (κ3) is 4.07. The molecule has 53 heavy (non-hydrogen) atoms. The van der Waals surface area contributed by atoms with Gasteiger partial charge in [-0.25, -0.2) is 9.97 Å². The van der Waals surface area contributed by atoms with Crippen LogP contribution in [-0.4, -0.2) is 19.1 Å². The Morgan fingerprint density at radius 3 is 2.00 bits per heavy atom. The lowest BCUT2D eigenvalue weighted by molar-refractivity contribution is 0.486. The molecule has 12 rings (SSSR count). The van der Waals surface area contributed by atoms with E-state index < -0.39 is 0 Å². The number of benzene rings is 8. The molecule has 0 spiro atoms. The second kappa shape index (κ2) is 10.6. The first-order valence-electron chi connectivity index (χ1n) is 17.9. The van der Waals surface area contributed by atoms with E-state index in [1.165, 1.54) is 32.6 Å². The molecule has 0 aliphatic carbocycles. The van der Waals surface area contributed by atoms with Gasteiger partial charge in [0, 0.05) is 32.8 Å². The van der Waals surface area contributed by atoms with E-state index in [9.17, 15) is 0 Å². The third-order valence-corrected chi connectivity index (χ3v) is 10.9. The van der Waals surface area contributed by atoms with E-state index in [1.807, 2.05) is 36.4 Å². The molecule has 0 fully saturated rings. The lowest BCUT2D eigenvalue weighted by atomic mass is 10.0. The summed E-state index contributed by atoms with van der Waals surface area (Å²) in [6.07, 6.45) is 0. The Hall–Kier alpha value is -7.24. The fraction of sp³-hybridized carbons (Fsp3) is 0. The maximum absolute atomic E-state index is 6.30. The number of para-hydroxylation sites is 3. The molecule has 0 unspecified atom stereocenters. The van der Waals surface area contributed by atoms with Crippen LogP contribution in [0.2, 0.25) is 0 Å². The predicted molar refractivity (Wildman–Crippen MR) is 217 cm³/mol. The molecule has 8 aromatic carbocycles. The van der Waals surface area contributed by atoms with E-state index in [1.54, 1.807) is 0 Å². The molecule has 11 aromatic rings. The first-order valence-corrected chi connectivity index (χ1v) is 17.9. The van der Waals surface area contributed by atoms with Crippen LogP contribution in [0.25, 0.3) is 99.3 Å². The second-order valence-electron chi connectivity index (χ2n) is 13.8. The van der Waals surface area contributed by atoms with E-state index >= 15 is 0 Å². The minimum absolute atomic E-state index is 0.638.